The molecule has 0 bridgehead atoms. The lowest BCUT2D eigenvalue weighted by atomic mass is 10.2. The van der Waals surface area contributed by atoms with E-state index in [0.29, 0.717) is 5.02 Å². The van der Waals surface area contributed by atoms with E-state index in [-0.39, 0.29) is 0 Å². The molecule has 2 aromatic carbocycles. The summed E-state index contributed by atoms with van der Waals surface area (Å²) >= 11 is 9.57. The molecule has 0 unspecified atom stereocenters. The van der Waals surface area contributed by atoms with Gasteiger partial charge in [-0.3, -0.25) is 0 Å². The molecule has 20 heavy (non-hydrogen) atoms. The van der Waals surface area contributed by atoms with Gasteiger partial charge in [0.05, 0.1) is 5.52 Å². The Morgan fingerprint density at radius 2 is 1.95 bits per heavy atom. The molecule has 0 aliphatic carbocycles. The molecule has 100 valence electrons. The SMILES string of the molecule is CN(c1cccc(Br)c1)c1ncnc2ccc(Cl)cc12. The second-order valence-corrected chi connectivity index (χ2v) is 5.75. The van der Waals surface area contributed by atoms with E-state index in [4.69, 9.17) is 11.6 Å². The number of nitrogens with zero attached hydrogens (tertiary/aromatic N) is 3. The van der Waals surface area contributed by atoms with Crippen LogP contribution in [0.1, 0.15) is 0 Å². The van der Waals surface area contributed by atoms with E-state index in [9.17, 15) is 0 Å². The molecule has 0 fully saturated rings. The van der Waals surface area contributed by atoms with Crippen molar-refractivity contribution in [3.63, 3.8) is 0 Å². The summed E-state index contributed by atoms with van der Waals surface area (Å²) in [7, 11) is 1.98. The van der Waals surface area contributed by atoms with Crippen molar-refractivity contribution in [2.45, 2.75) is 0 Å². The van der Waals surface area contributed by atoms with Gasteiger partial charge in [0.15, 0.2) is 0 Å². The minimum absolute atomic E-state index is 0.677. The molecule has 5 heteroatoms. The maximum atomic E-state index is 6.08. The summed E-state index contributed by atoms with van der Waals surface area (Å²) in [5.74, 6) is 0.829. The van der Waals surface area contributed by atoms with Crippen molar-refractivity contribution >= 4 is 49.9 Å². The zero-order valence-electron chi connectivity index (χ0n) is 10.7. The summed E-state index contributed by atoms with van der Waals surface area (Å²) in [6, 6.07) is 13.7. The predicted octanol–water partition coefficient (Wildman–Crippen LogP) is 4.81. The van der Waals surface area contributed by atoms with Crippen molar-refractivity contribution in [2.24, 2.45) is 0 Å². The normalized spacial score (nSPS) is 10.8. The van der Waals surface area contributed by atoms with Crippen LogP contribution in [0.4, 0.5) is 11.5 Å². The number of aromatic nitrogens is 2. The van der Waals surface area contributed by atoms with Crippen LogP contribution in [0.25, 0.3) is 10.9 Å². The van der Waals surface area contributed by atoms with Crippen LogP contribution in [0.2, 0.25) is 5.02 Å². The quantitative estimate of drug-likeness (QED) is 0.665. The Labute approximate surface area is 130 Å². The molecule has 0 amide bonds. The van der Waals surface area contributed by atoms with E-state index in [1.54, 1.807) is 6.33 Å². The van der Waals surface area contributed by atoms with Crippen molar-refractivity contribution in [1.82, 2.24) is 9.97 Å². The van der Waals surface area contributed by atoms with Gasteiger partial charge in [0.1, 0.15) is 12.1 Å². The number of halogens is 2. The van der Waals surface area contributed by atoms with Gasteiger partial charge in [-0.2, -0.15) is 0 Å². The molecule has 1 heterocycles. The molecule has 3 rings (SSSR count). The summed E-state index contributed by atoms with van der Waals surface area (Å²) in [6.07, 6.45) is 1.57. The Morgan fingerprint density at radius 1 is 1.10 bits per heavy atom. The van der Waals surface area contributed by atoms with Crippen molar-refractivity contribution in [3.05, 3.63) is 58.3 Å². The highest BCUT2D eigenvalue weighted by Crippen LogP contribution is 2.30. The molecular weight excluding hydrogens is 338 g/mol. The molecule has 0 spiro atoms. The number of fused-ring (bicyclic) bond motifs is 1. The molecule has 0 saturated carbocycles. The molecule has 0 atom stereocenters. The first kappa shape index (κ1) is 13.3. The highest BCUT2D eigenvalue weighted by atomic mass is 79.9. The zero-order chi connectivity index (χ0) is 14.1. The van der Waals surface area contributed by atoms with E-state index in [1.807, 2.05) is 54.4 Å². The van der Waals surface area contributed by atoms with Crippen LogP contribution in [-0.4, -0.2) is 17.0 Å². The van der Waals surface area contributed by atoms with Gasteiger partial charge in [0.25, 0.3) is 0 Å². The average Bonchev–Trinajstić information content (AvgIpc) is 2.46. The fourth-order valence-corrected chi connectivity index (χ4v) is 2.65. The molecule has 0 saturated heterocycles. The predicted molar refractivity (Wildman–Crippen MR) is 86.8 cm³/mol. The van der Waals surface area contributed by atoms with Crippen molar-refractivity contribution in [1.29, 1.82) is 0 Å². The van der Waals surface area contributed by atoms with Crippen LogP contribution >= 0.6 is 27.5 Å². The average molecular weight is 349 g/mol. The summed E-state index contributed by atoms with van der Waals surface area (Å²) in [6.45, 7) is 0. The lowest BCUT2D eigenvalue weighted by Crippen LogP contribution is -2.11. The van der Waals surface area contributed by atoms with Crippen LogP contribution < -0.4 is 4.90 Å². The molecular formula is C15H11BrClN3. The second-order valence-electron chi connectivity index (χ2n) is 4.40. The zero-order valence-corrected chi connectivity index (χ0v) is 13.1. The van der Waals surface area contributed by atoms with Crippen molar-refractivity contribution in [3.8, 4) is 0 Å². The third-order valence-corrected chi connectivity index (χ3v) is 3.82. The van der Waals surface area contributed by atoms with Gasteiger partial charge in [0.2, 0.25) is 0 Å². The fourth-order valence-electron chi connectivity index (χ4n) is 2.09. The first-order valence-electron chi connectivity index (χ1n) is 6.05. The van der Waals surface area contributed by atoms with Gasteiger partial charge in [-0.05, 0) is 36.4 Å². The summed E-state index contributed by atoms with van der Waals surface area (Å²) < 4.78 is 1.03. The third kappa shape index (κ3) is 2.49. The summed E-state index contributed by atoms with van der Waals surface area (Å²) in [4.78, 5) is 10.7. The molecule has 3 nitrogen and oxygen atoms in total. The smallest absolute Gasteiger partial charge is 0.144 e. The minimum Gasteiger partial charge on any atom is -0.329 e. The minimum atomic E-state index is 0.677. The number of hydrogen-bond acceptors (Lipinski definition) is 3. The lowest BCUT2D eigenvalue weighted by molar-refractivity contribution is 1.11. The largest absolute Gasteiger partial charge is 0.329 e. The standard InChI is InChI=1S/C15H11BrClN3/c1-20(12-4-2-3-10(16)7-12)15-13-8-11(17)5-6-14(13)18-9-19-15/h2-9H,1H3. The van der Waals surface area contributed by atoms with Gasteiger partial charge in [0, 0.05) is 27.6 Å². The van der Waals surface area contributed by atoms with Crippen LogP contribution in [-0.2, 0) is 0 Å². The van der Waals surface area contributed by atoms with Gasteiger partial charge in [-0.25, -0.2) is 9.97 Å². The maximum Gasteiger partial charge on any atom is 0.144 e. The molecule has 3 aromatic rings. The van der Waals surface area contributed by atoms with Crippen molar-refractivity contribution in [2.75, 3.05) is 11.9 Å². The van der Waals surface area contributed by atoms with Gasteiger partial charge < -0.3 is 4.90 Å². The molecule has 1 aromatic heterocycles. The van der Waals surface area contributed by atoms with E-state index >= 15 is 0 Å². The Bertz CT molecular complexity index is 776. The number of anilines is 2. The van der Waals surface area contributed by atoms with Gasteiger partial charge in [-0.1, -0.05) is 33.6 Å². The lowest BCUT2D eigenvalue weighted by Gasteiger charge is -2.20. The Balaban J connectivity index is 2.16. The number of hydrogen-bond donors (Lipinski definition) is 0. The van der Waals surface area contributed by atoms with Crippen LogP contribution in [0.15, 0.2) is 53.3 Å². The molecule has 0 aliphatic rings. The molecule has 0 N–H and O–H groups in total. The van der Waals surface area contributed by atoms with E-state index in [2.05, 4.69) is 25.9 Å². The monoisotopic (exact) mass is 347 g/mol. The number of benzene rings is 2. The van der Waals surface area contributed by atoms with Crippen LogP contribution in [0, 0.1) is 0 Å². The Morgan fingerprint density at radius 3 is 2.75 bits per heavy atom. The Hall–Kier alpha value is -1.65. The van der Waals surface area contributed by atoms with Crippen molar-refractivity contribution < 1.29 is 0 Å². The maximum absolute atomic E-state index is 6.08. The molecule has 0 radical (unpaired) electrons. The second kappa shape index (κ2) is 5.38. The van der Waals surface area contributed by atoms with Crippen LogP contribution in [0.5, 0.6) is 0 Å². The van der Waals surface area contributed by atoms with Gasteiger partial charge >= 0.3 is 0 Å². The highest BCUT2D eigenvalue weighted by Gasteiger charge is 2.11. The Kier molecular flexibility index (Phi) is 3.59. The topological polar surface area (TPSA) is 29.0 Å². The highest BCUT2D eigenvalue weighted by molar-refractivity contribution is 9.10. The van der Waals surface area contributed by atoms with Gasteiger partial charge in [-0.15, -0.1) is 0 Å². The number of rotatable bonds is 2. The fraction of sp³-hybridized carbons (Fsp3) is 0.0667. The first-order chi connectivity index (χ1) is 9.65. The van der Waals surface area contributed by atoms with E-state index < -0.39 is 0 Å². The molecule has 0 aliphatic heterocycles. The summed E-state index contributed by atoms with van der Waals surface area (Å²) in [5.41, 5.74) is 1.92. The first-order valence-corrected chi connectivity index (χ1v) is 7.22. The summed E-state index contributed by atoms with van der Waals surface area (Å²) in [5, 5.41) is 1.61. The third-order valence-electron chi connectivity index (χ3n) is 3.09. The van der Waals surface area contributed by atoms with E-state index in [1.165, 1.54) is 0 Å². The van der Waals surface area contributed by atoms with E-state index in [0.717, 1.165) is 26.9 Å². The van der Waals surface area contributed by atoms with Crippen LogP contribution in [0.3, 0.4) is 0 Å².